The van der Waals surface area contributed by atoms with Crippen molar-refractivity contribution < 1.29 is 9.15 Å². The lowest BCUT2D eigenvalue weighted by Crippen LogP contribution is -2.08. The molecule has 2 heterocycles. The Morgan fingerprint density at radius 1 is 0.926 bits per heavy atom. The number of anilines is 2. The number of ether oxygens (including phenoxy) is 1. The van der Waals surface area contributed by atoms with Crippen LogP contribution in [-0.4, -0.2) is 17.1 Å². The minimum absolute atomic E-state index is 0.559. The van der Waals surface area contributed by atoms with E-state index < -0.39 is 0 Å². The fraction of sp³-hybridized carbons (Fsp3) is 0.143. The smallest absolute Gasteiger partial charge is 0.225 e. The van der Waals surface area contributed by atoms with Crippen LogP contribution in [0.5, 0.6) is 5.75 Å². The van der Waals surface area contributed by atoms with Gasteiger partial charge in [-0.05, 0) is 42.0 Å². The summed E-state index contributed by atoms with van der Waals surface area (Å²) in [4.78, 5) is 9.27. The van der Waals surface area contributed by atoms with Crippen molar-refractivity contribution in [3.8, 4) is 5.75 Å². The molecule has 0 saturated carbocycles. The van der Waals surface area contributed by atoms with E-state index in [1.54, 1.807) is 13.4 Å². The summed E-state index contributed by atoms with van der Waals surface area (Å²) in [5, 5.41) is 7.61. The van der Waals surface area contributed by atoms with Crippen molar-refractivity contribution in [2.75, 3.05) is 17.7 Å². The number of methoxy groups -OCH3 is 1. The molecule has 136 valence electrons. The van der Waals surface area contributed by atoms with Crippen LogP contribution in [0.4, 0.5) is 11.8 Å². The van der Waals surface area contributed by atoms with E-state index in [0.29, 0.717) is 19.0 Å². The zero-order valence-corrected chi connectivity index (χ0v) is 15.0. The highest BCUT2D eigenvalue weighted by Gasteiger charge is 2.08. The first-order chi connectivity index (χ1) is 13.3. The number of aromatic nitrogens is 2. The molecule has 6 heteroatoms. The van der Waals surface area contributed by atoms with Gasteiger partial charge in [-0.3, -0.25) is 0 Å². The maximum Gasteiger partial charge on any atom is 0.225 e. The lowest BCUT2D eigenvalue weighted by atomic mass is 10.2. The summed E-state index contributed by atoms with van der Waals surface area (Å²) in [6.45, 7) is 1.16. The molecular weight excluding hydrogens is 340 g/mol. The highest BCUT2D eigenvalue weighted by molar-refractivity contribution is 5.89. The molecule has 2 aromatic heterocycles. The van der Waals surface area contributed by atoms with Gasteiger partial charge in [0.15, 0.2) is 0 Å². The van der Waals surface area contributed by atoms with Gasteiger partial charge >= 0.3 is 0 Å². The van der Waals surface area contributed by atoms with Crippen molar-refractivity contribution in [3.05, 3.63) is 78.3 Å². The molecule has 0 spiro atoms. The zero-order chi connectivity index (χ0) is 18.5. The molecule has 0 fully saturated rings. The molecule has 0 aliphatic heterocycles. The maximum absolute atomic E-state index is 5.39. The Bertz CT molecular complexity index is 1030. The lowest BCUT2D eigenvalue weighted by molar-refractivity contribution is 0.414. The fourth-order valence-electron chi connectivity index (χ4n) is 2.84. The van der Waals surface area contributed by atoms with E-state index in [9.17, 15) is 0 Å². The second-order valence-electron chi connectivity index (χ2n) is 6.05. The van der Waals surface area contributed by atoms with Gasteiger partial charge in [-0.1, -0.05) is 24.3 Å². The summed E-state index contributed by atoms with van der Waals surface area (Å²) < 4.78 is 10.7. The lowest BCUT2D eigenvalue weighted by Gasteiger charge is -2.11. The van der Waals surface area contributed by atoms with Gasteiger partial charge in [-0.2, -0.15) is 4.98 Å². The fourth-order valence-corrected chi connectivity index (χ4v) is 2.84. The first-order valence-corrected chi connectivity index (χ1v) is 8.71. The number of nitrogens with zero attached hydrogens (tertiary/aromatic N) is 2. The molecule has 2 N–H and O–H groups in total. The Balaban J connectivity index is 1.56. The van der Waals surface area contributed by atoms with E-state index in [2.05, 4.69) is 20.6 Å². The predicted octanol–water partition coefficient (Wildman–Crippen LogP) is 4.46. The number of nitrogens with one attached hydrogen (secondary N) is 2. The topological polar surface area (TPSA) is 72.2 Å². The van der Waals surface area contributed by atoms with Gasteiger partial charge in [0.1, 0.15) is 17.3 Å². The Morgan fingerprint density at radius 3 is 2.70 bits per heavy atom. The first-order valence-electron chi connectivity index (χ1n) is 8.71. The molecule has 0 aliphatic rings. The second kappa shape index (κ2) is 7.78. The van der Waals surface area contributed by atoms with E-state index in [1.807, 2.05) is 60.7 Å². The Morgan fingerprint density at radius 2 is 1.85 bits per heavy atom. The van der Waals surface area contributed by atoms with Crippen molar-refractivity contribution in [1.29, 1.82) is 0 Å². The number of benzene rings is 2. The third-order valence-corrected chi connectivity index (χ3v) is 4.20. The summed E-state index contributed by atoms with van der Waals surface area (Å²) >= 11 is 0. The first kappa shape index (κ1) is 16.9. The average Bonchev–Trinajstić information content (AvgIpc) is 3.24. The molecule has 0 radical (unpaired) electrons. The van der Waals surface area contributed by atoms with Crippen LogP contribution in [0.15, 0.2) is 71.3 Å². The van der Waals surface area contributed by atoms with E-state index in [-0.39, 0.29) is 0 Å². The van der Waals surface area contributed by atoms with E-state index in [4.69, 9.17) is 9.15 Å². The van der Waals surface area contributed by atoms with Gasteiger partial charge in [0.25, 0.3) is 0 Å². The molecule has 27 heavy (non-hydrogen) atoms. The Kier molecular flexibility index (Phi) is 4.87. The number of hydrogen-bond acceptors (Lipinski definition) is 6. The van der Waals surface area contributed by atoms with Gasteiger partial charge in [0.05, 0.1) is 25.4 Å². The normalized spacial score (nSPS) is 10.7. The highest BCUT2D eigenvalue weighted by atomic mass is 16.5. The minimum atomic E-state index is 0.559. The number of rotatable bonds is 7. The average molecular weight is 360 g/mol. The minimum Gasteiger partial charge on any atom is -0.497 e. The van der Waals surface area contributed by atoms with Crippen molar-refractivity contribution >= 4 is 22.7 Å². The third kappa shape index (κ3) is 4.00. The molecule has 0 saturated heterocycles. The van der Waals surface area contributed by atoms with Crippen LogP contribution in [0.2, 0.25) is 0 Å². The monoisotopic (exact) mass is 360 g/mol. The summed E-state index contributed by atoms with van der Waals surface area (Å²) in [6.07, 6.45) is 1.66. The predicted molar refractivity (Wildman–Crippen MR) is 106 cm³/mol. The van der Waals surface area contributed by atoms with Crippen molar-refractivity contribution in [1.82, 2.24) is 9.97 Å². The van der Waals surface area contributed by atoms with E-state index in [1.165, 1.54) is 0 Å². The maximum atomic E-state index is 5.39. The molecule has 2 aromatic carbocycles. The zero-order valence-electron chi connectivity index (χ0n) is 15.0. The summed E-state index contributed by atoms with van der Waals surface area (Å²) in [5.41, 5.74) is 1.97. The van der Waals surface area contributed by atoms with Crippen molar-refractivity contribution in [2.45, 2.75) is 13.1 Å². The van der Waals surface area contributed by atoms with Crippen LogP contribution >= 0.6 is 0 Å². The van der Waals surface area contributed by atoms with Gasteiger partial charge in [0, 0.05) is 11.9 Å². The van der Waals surface area contributed by atoms with Gasteiger partial charge in [-0.25, -0.2) is 4.98 Å². The van der Waals surface area contributed by atoms with E-state index in [0.717, 1.165) is 33.8 Å². The third-order valence-electron chi connectivity index (χ3n) is 4.20. The molecule has 0 unspecified atom stereocenters. The van der Waals surface area contributed by atoms with Crippen LogP contribution in [0.1, 0.15) is 11.3 Å². The summed E-state index contributed by atoms with van der Waals surface area (Å²) in [7, 11) is 1.66. The van der Waals surface area contributed by atoms with Crippen molar-refractivity contribution in [2.24, 2.45) is 0 Å². The van der Waals surface area contributed by atoms with Gasteiger partial charge in [0.2, 0.25) is 5.95 Å². The van der Waals surface area contributed by atoms with Crippen molar-refractivity contribution in [3.63, 3.8) is 0 Å². The van der Waals surface area contributed by atoms with Crippen LogP contribution in [0, 0.1) is 0 Å². The number of fused-ring (bicyclic) bond motifs is 1. The molecule has 4 rings (SSSR count). The molecular formula is C21H20N4O2. The molecule has 0 bridgehead atoms. The van der Waals surface area contributed by atoms with Crippen LogP contribution in [0.25, 0.3) is 10.9 Å². The van der Waals surface area contributed by atoms with E-state index >= 15 is 0 Å². The molecule has 0 aliphatic carbocycles. The Hall–Kier alpha value is -3.54. The molecule has 4 aromatic rings. The molecule has 6 nitrogen and oxygen atoms in total. The number of hydrogen-bond donors (Lipinski definition) is 2. The van der Waals surface area contributed by atoms with Crippen LogP contribution < -0.4 is 15.4 Å². The Labute approximate surface area is 157 Å². The quantitative estimate of drug-likeness (QED) is 0.507. The number of furan rings is 1. The second-order valence-corrected chi connectivity index (χ2v) is 6.05. The summed E-state index contributed by atoms with van der Waals surface area (Å²) in [5.74, 6) is 3.02. The van der Waals surface area contributed by atoms with Gasteiger partial charge in [-0.15, -0.1) is 0 Å². The van der Waals surface area contributed by atoms with Crippen LogP contribution in [-0.2, 0) is 13.1 Å². The van der Waals surface area contributed by atoms with Gasteiger partial charge < -0.3 is 19.8 Å². The van der Waals surface area contributed by atoms with Crippen LogP contribution in [0.3, 0.4) is 0 Å². The standard InChI is InChI=1S/C21H20N4O2/c1-26-16-7-4-6-15(12-16)13-23-21-24-19-10-3-2-9-18(19)20(25-21)22-14-17-8-5-11-27-17/h2-12H,13-14H2,1H3,(H2,22,23,24,25). The highest BCUT2D eigenvalue weighted by Crippen LogP contribution is 2.23. The molecule has 0 atom stereocenters. The summed E-state index contributed by atoms with van der Waals surface area (Å²) in [6, 6.07) is 19.6. The SMILES string of the molecule is COc1cccc(CNc2nc(NCc3ccco3)c3ccccc3n2)c1. The number of para-hydroxylation sites is 1. The largest absolute Gasteiger partial charge is 0.497 e. The molecule has 0 amide bonds.